The molecule has 1 heterocycles. The first-order valence-corrected chi connectivity index (χ1v) is 9.14. The summed E-state index contributed by atoms with van der Waals surface area (Å²) in [4.78, 5) is 24.8. The number of benzene rings is 1. The molecule has 158 valence electrons. The second kappa shape index (κ2) is 9.58. The number of methoxy groups -OCH3 is 2. The molecule has 0 bridgehead atoms. The number of phenols is 1. The quantitative estimate of drug-likeness (QED) is 0.636. The van der Waals surface area contributed by atoms with E-state index < -0.39 is 30.1 Å². The summed E-state index contributed by atoms with van der Waals surface area (Å²) in [7, 11) is 2.77. The van der Waals surface area contributed by atoms with Crippen LogP contribution >= 0.6 is 0 Å². The minimum Gasteiger partial charge on any atom is -0.507 e. The number of fused-ring (bicyclic) bond motifs is 1. The van der Waals surface area contributed by atoms with Crippen LogP contribution in [-0.4, -0.2) is 59.6 Å². The summed E-state index contributed by atoms with van der Waals surface area (Å²) in [6.45, 7) is 3.37. The lowest BCUT2D eigenvalue weighted by atomic mass is 9.99. The van der Waals surface area contributed by atoms with Gasteiger partial charge in [-0.1, -0.05) is 25.2 Å². The first kappa shape index (κ1) is 22.4. The zero-order valence-corrected chi connectivity index (χ0v) is 16.8. The molecule has 0 fully saturated rings. The van der Waals surface area contributed by atoms with Crippen LogP contribution in [0, 0.1) is 5.92 Å². The molecule has 29 heavy (non-hydrogen) atoms. The van der Waals surface area contributed by atoms with E-state index in [1.165, 1.54) is 38.5 Å². The highest BCUT2D eigenvalue weighted by molar-refractivity contribution is 5.99. The Balaban J connectivity index is 2.62. The van der Waals surface area contributed by atoms with Crippen molar-refractivity contribution in [2.75, 3.05) is 14.2 Å². The summed E-state index contributed by atoms with van der Waals surface area (Å²) in [6.07, 6.45) is 1.89. The highest BCUT2D eigenvalue weighted by Crippen LogP contribution is 2.40. The molecule has 4 atom stereocenters. The Morgan fingerprint density at radius 1 is 1.10 bits per heavy atom. The van der Waals surface area contributed by atoms with Gasteiger partial charge in [0.15, 0.2) is 17.3 Å². The van der Waals surface area contributed by atoms with Gasteiger partial charge in [-0.25, -0.2) is 4.79 Å². The number of esters is 1. The third-order valence-corrected chi connectivity index (χ3v) is 4.81. The predicted octanol–water partition coefficient (Wildman–Crippen LogP) is 1.85. The van der Waals surface area contributed by atoms with Crippen LogP contribution in [0.2, 0.25) is 0 Å². The number of cyclic esters (lactones) is 1. The minimum absolute atomic E-state index is 0.0810. The van der Waals surface area contributed by atoms with Crippen molar-refractivity contribution in [2.45, 2.75) is 38.6 Å². The first-order chi connectivity index (χ1) is 13.7. The van der Waals surface area contributed by atoms with Gasteiger partial charge < -0.3 is 29.5 Å². The third-order valence-electron chi connectivity index (χ3n) is 4.81. The van der Waals surface area contributed by atoms with E-state index >= 15 is 0 Å². The molecule has 1 aliphatic rings. The average Bonchev–Trinajstić information content (AvgIpc) is 2.69. The third kappa shape index (κ3) is 4.96. The van der Waals surface area contributed by atoms with Crippen molar-refractivity contribution in [1.82, 2.24) is 0 Å². The number of ketones is 1. The molecule has 2 rings (SSSR count). The molecule has 0 aliphatic carbocycles. The van der Waals surface area contributed by atoms with Gasteiger partial charge in [0.05, 0.1) is 20.3 Å². The zero-order valence-electron chi connectivity index (χ0n) is 16.8. The number of aliphatic hydroxyl groups excluding tert-OH is 2. The summed E-state index contributed by atoms with van der Waals surface area (Å²) >= 11 is 0. The van der Waals surface area contributed by atoms with Crippen molar-refractivity contribution >= 4 is 17.8 Å². The smallest absolute Gasteiger partial charge is 0.342 e. The lowest BCUT2D eigenvalue weighted by Crippen LogP contribution is -2.32. The fourth-order valence-corrected chi connectivity index (χ4v) is 2.86. The Labute approximate surface area is 169 Å². The maximum Gasteiger partial charge on any atom is 0.342 e. The number of hydrogen-bond acceptors (Lipinski definition) is 8. The Morgan fingerprint density at radius 3 is 2.41 bits per heavy atom. The van der Waals surface area contributed by atoms with E-state index in [1.807, 2.05) is 0 Å². The van der Waals surface area contributed by atoms with Crippen molar-refractivity contribution < 1.29 is 39.1 Å². The first-order valence-electron chi connectivity index (χ1n) is 9.14. The second-order valence-corrected chi connectivity index (χ2v) is 6.80. The van der Waals surface area contributed by atoms with Crippen molar-refractivity contribution in [1.29, 1.82) is 0 Å². The highest BCUT2D eigenvalue weighted by atomic mass is 16.5. The van der Waals surface area contributed by atoms with Crippen LogP contribution < -0.4 is 9.47 Å². The molecule has 0 amide bonds. The molecule has 1 aromatic carbocycles. The summed E-state index contributed by atoms with van der Waals surface area (Å²) in [5.74, 6) is -1.76. The van der Waals surface area contributed by atoms with E-state index in [9.17, 15) is 24.9 Å². The van der Waals surface area contributed by atoms with Crippen LogP contribution in [0.4, 0.5) is 0 Å². The summed E-state index contributed by atoms with van der Waals surface area (Å²) in [5.41, 5.74) is 0.0694. The highest BCUT2D eigenvalue weighted by Gasteiger charge is 2.27. The molecular weight excluding hydrogens is 380 g/mol. The molecule has 1 aliphatic heterocycles. The summed E-state index contributed by atoms with van der Waals surface area (Å²) < 4.78 is 16.0. The van der Waals surface area contributed by atoms with Crippen LogP contribution in [0.15, 0.2) is 24.3 Å². The fraction of sp³-hybridized carbons (Fsp3) is 0.429. The van der Waals surface area contributed by atoms with E-state index in [2.05, 4.69) is 0 Å². The number of rotatable bonds is 2. The van der Waals surface area contributed by atoms with Crippen LogP contribution in [0.5, 0.6) is 17.2 Å². The van der Waals surface area contributed by atoms with Gasteiger partial charge in [0, 0.05) is 17.5 Å². The van der Waals surface area contributed by atoms with Gasteiger partial charge in [-0.3, -0.25) is 4.79 Å². The number of aliphatic hydroxyl groups is 2. The van der Waals surface area contributed by atoms with E-state index in [0.717, 1.165) is 6.08 Å². The molecule has 0 saturated heterocycles. The Morgan fingerprint density at radius 2 is 1.79 bits per heavy atom. The molecule has 0 radical (unpaired) electrons. The SMILES string of the molecule is COc1cc(O)c2c(c1OC)/C=C/C[C@H](O)C(O)C(=O)/C=C\[C@@H](C)[C@H](C)OC2=O. The van der Waals surface area contributed by atoms with Gasteiger partial charge in [0.25, 0.3) is 0 Å². The average molecular weight is 406 g/mol. The monoisotopic (exact) mass is 406 g/mol. The maximum atomic E-state index is 12.8. The van der Waals surface area contributed by atoms with Crippen molar-refractivity contribution in [3.05, 3.63) is 35.4 Å². The van der Waals surface area contributed by atoms with E-state index in [-0.39, 0.29) is 40.7 Å². The Kier molecular flexibility index (Phi) is 7.41. The van der Waals surface area contributed by atoms with E-state index in [0.29, 0.717) is 0 Å². The fourth-order valence-electron chi connectivity index (χ4n) is 2.86. The molecule has 3 N–H and O–H groups in total. The van der Waals surface area contributed by atoms with Gasteiger partial charge >= 0.3 is 5.97 Å². The molecule has 0 saturated carbocycles. The van der Waals surface area contributed by atoms with Crippen LogP contribution in [0.1, 0.15) is 36.2 Å². The van der Waals surface area contributed by atoms with E-state index in [4.69, 9.17) is 14.2 Å². The molecule has 8 heteroatoms. The second-order valence-electron chi connectivity index (χ2n) is 6.80. The largest absolute Gasteiger partial charge is 0.507 e. The number of phenolic OH excluding ortho intramolecular Hbond substituents is 1. The zero-order chi connectivity index (χ0) is 21.7. The standard InChI is InChI=1S/C21H26O8/c1-11-8-9-15(23)19(25)14(22)7-5-6-13-18(21(26)29-12(11)2)16(24)10-17(27-3)20(13)28-4/h5-6,8-12,14,19,22,24-25H,7H2,1-4H3/b6-5+,9-8-/t11-,12+,14+,19?/m1/s1. The topological polar surface area (TPSA) is 123 Å². The lowest BCUT2D eigenvalue weighted by molar-refractivity contribution is -0.127. The molecular formula is C21H26O8. The minimum atomic E-state index is -1.59. The van der Waals surface area contributed by atoms with Crippen LogP contribution in [0.25, 0.3) is 6.08 Å². The molecule has 0 aromatic heterocycles. The number of carbonyl (C=O) groups is 2. The van der Waals surface area contributed by atoms with Crippen molar-refractivity contribution in [3.63, 3.8) is 0 Å². The molecule has 0 spiro atoms. The molecule has 1 aromatic rings. The lowest BCUT2D eigenvalue weighted by Gasteiger charge is -2.21. The van der Waals surface area contributed by atoms with Gasteiger partial charge in [0.1, 0.15) is 23.5 Å². The normalized spacial score (nSPS) is 27.9. The maximum absolute atomic E-state index is 12.8. The van der Waals surface area contributed by atoms with Gasteiger partial charge in [-0.2, -0.15) is 0 Å². The Bertz CT molecular complexity index is 826. The number of hydrogen-bond donors (Lipinski definition) is 3. The summed E-state index contributed by atoms with van der Waals surface area (Å²) in [5, 5.41) is 30.5. The van der Waals surface area contributed by atoms with Gasteiger partial charge in [-0.15, -0.1) is 0 Å². The van der Waals surface area contributed by atoms with E-state index in [1.54, 1.807) is 13.8 Å². The van der Waals surface area contributed by atoms with Crippen molar-refractivity contribution in [3.8, 4) is 17.2 Å². The van der Waals surface area contributed by atoms with Crippen LogP contribution in [0.3, 0.4) is 0 Å². The molecule has 1 unspecified atom stereocenters. The van der Waals surface area contributed by atoms with Gasteiger partial charge in [0.2, 0.25) is 0 Å². The van der Waals surface area contributed by atoms with Crippen LogP contribution in [-0.2, 0) is 9.53 Å². The number of carbonyl (C=O) groups excluding carboxylic acids is 2. The Hall–Kier alpha value is -2.84. The van der Waals surface area contributed by atoms with Gasteiger partial charge in [-0.05, 0) is 19.4 Å². The molecule has 8 nitrogen and oxygen atoms in total. The number of aromatic hydroxyl groups is 1. The predicted molar refractivity (Wildman–Crippen MR) is 105 cm³/mol. The number of ether oxygens (including phenoxy) is 3. The summed E-state index contributed by atoms with van der Waals surface area (Å²) in [6, 6.07) is 1.25. The van der Waals surface area contributed by atoms with Crippen molar-refractivity contribution in [2.24, 2.45) is 5.92 Å².